The summed E-state index contributed by atoms with van der Waals surface area (Å²) in [6, 6.07) is 12.3. The number of hydrogen-bond acceptors (Lipinski definition) is 6. The lowest BCUT2D eigenvalue weighted by Gasteiger charge is -2.07. The number of nitrogens with zero attached hydrogens (tertiary/aromatic N) is 2. The molecule has 8 heteroatoms. The molecule has 0 bridgehead atoms. The Morgan fingerprint density at radius 2 is 1.93 bits per heavy atom. The molecule has 0 saturated heterocycles. The molecule has 0 aliphatic rings. The smallest absolute Gasteiger partial charge is 0.337 e. The van der Waals surface area contributed by atoms with Gasteiger partial charge in [-0.25, -0.2) is 4.79 Å². The van der Waals surface area contributed by atoms with Gasteiger partial charge in [0.15, 0.2) is 4.80 Å². The first-order chi connectivity index (χ1) is 14.1. The standard InChI is InChI=1S/C21H22N2O5S/c1-4-28-17-8-6-5-7-15(17)19(24)22-21-23(11-12-26-2)16-10-9-14(20(25)27-3)13-18(16)29-21/h5-10,13H,4,11-12H2,1-3H3. The van der Waals surface area contributed by atoms with Crippen molar-refractivity contribution in [3.63, 3.8) is 0 Å². The molecule has 29 heavy (non-hydrogen) atoms. The molecule has 0 saturated carbocycles. The van der Waals surface area contributed by atoms with Crippen molar-refractivity contribution in [1.82, 2.24) is 4.57 Å². The number of rotatable bonds is 7. The summed E-state index contributed by atoms with van der Waals surface area (Å²) in [6.45, 7) is 3.30. The monoisotopic (exact) mass is 414 g/mol. The van der Waals surface area contributed by atoms with Gasteiger partial charge in [0.05, 0.1) is 41.7 Å². The van der Waals surface area contributed by atoms with Gasteiger partial charge in [0.1, 0.15) is 5.75 Å². The van der Waals surface area contributed by atoms with E-state index in [9.17, 15) is 9.59 Å². The van der Waals surface area contributed by atoms with Gasteiger partial charge in [0, 0.05) is 13.7 Å². The van der Waals surface area contributed by atoms with Crippen molar-refractivity contribution in [2.24, 2.45) is 4.99 Å². The molecule has 1 amide bonds. The van der Waals surface area contributed by atoms with Crippen LogP contribution in [0.5, 0.6) is 5.75 Å². The second-order valence-corrected chi connectivity index (χ2v) is 7.06. The Hall–Kier alpha value is -2.97. The number of ether oxygens (including phenoxy) is 3. The van der Waals surface area contributed by atoms with Crippen LogP contribution in [-0.4, -0.2) is 43.9 Å². The Balaban J connectivity index is 2.11. The summed E-state index contributed by atoms with van der Waals surface area (Å²) in [4.78, 5) is 29.6. The zero-order valence-corrected chi connectivity index (χ0v) is 17.3. The fraction of sp³-hybridized carbons (Fsp3) is 0.286. The number of carbonyl (C=O) groups excluding carboxylic acids is 2. The first-order valence-electron chi connectivity index (χ1n) is 9.10. The summed E-state index contributed by atoms with van der Waals surface area (Å²) in [5, 5.41) is 0. The predicted molar refractivity (Wildman–Crippen MR) is 111 cm³/mol. The second kappa shape index (κ2) is 9.49. The van der Waals surface area contributed by atoms with Crippen LogP contribution in [0, 0.1) is 0 Å². The van der Waals surface area contributed by atoms with Crippen LogP contribution in [0.15, 0.2) is 47.5 Å². The third-order valence-corrected chi connectivity index (χ3v) is 5.28. The summed E-state index contributed by atoms with van der Waals surface area (Å²) < 4.78 is 18.3. The van der Waals surface area contributed by atoms with Gasteiger partial charge in [-0.1, -0.05) is 23.5 Å². The average Bonchev–Trinajstić information content (AvgIpc) is 3.08. The van der Waals surface area contributed by atoms with Crippen molar-refractivity contribution in [2.75, 3.05) is 27.4 Å². The quantitative estimate of drug-likeness (QED) is 0.555. The highest BCUT2D eigenvalue weighted by Gasteiger charge is 2.14. The Bertz CT molecular complexity index is 1100. The Morgan fingerprint density at radius 3 is 2.66 bits per heavy atom. The van der Waals surface area contributed by atoms with Crippen LogP contribution in [0.4, 0.5) is 0 Å². The van der Waals surface area contributed by atoms with E-state index in [0.717, 1.165) is 10.2 Å². The normalized spacial score (nSPS) is 11.6. The van der Waals surface area contributed by atoms with Crippen LogP contribution < -0.4 is 9.54 Å². The minimum Gasteiger partial charge on any atom is -0.493 e. The second-order valence-electron chi connectivity index (χ2n) is 6.05. The molecule has 7 nitrogen and oxygen atoms in total. The number of benzene rings is 2. The van der Waals surface area contributed by atoms with Gasteiger partial charge >= 0.3 is 5.97 Å². The number of thiazole rings is 1. The number of carbonyl (C=O) groups is 2. The van der Waals surface area contributed by atoms with E-state index in [-0.39, 0.29) is 5.91 Å². The number of methoxy groups -OCH3 is 2. The van der Waals surface area contributed by atoms with Crippen LogP contribution in [-0.2, 0) is 16.0 Å². The van der Waals surface area contributed by atoms with E-state index >= 15 is 0 Å². The number of para-hydroxylation sites is 1. The molecule has 0 aliphatic heterocycles. The summed E-state index contributed by atoms with van der Waals surface area (Å²) in [5.41, 5.74) is 1.71. The number of amides is 1. The molecule has 1 heterocycles. The Labute approximate surface area is 172 Å². The van der Waals surface area contributed by atoms with Gasteiger partial charge in [0.2, 0.25) is 0 Å². The molecular formula is C21H22N2O5S. The minimum atomic E-state index is -0.413. The highest BCUT2D eigenvalue weighted by Crippen LogP contribution is 2.21. The molecule has 3 aromatic rings. The molecule has 0 fully saturated rings. The molecule has 152 valence electrons. The van der Waals surface area contributed by atoms with Crippen molar-refractivity contribution >= 4 is 33.4 Å². The molecule has 0 radical (unpaired) electrons. The largest absolute Gasteiger partial charge is 0.493 e. The molecule has 0 aliphatic carbocycles. The zero-order chi connectivity index (χ0) is 20.8. The van der Waals surface area contributed by atoms with Crippen LogP contribution in [0.3, 0.4) is 0 Å². The van der Waals surface area contributed by atoms with E-state index in [1.54, 1.807) is 37.4 Å². The maximum Gasteiger partial charge on any atom is 0.337 e. The SMILES string of the molecule is CCOc1ccccc1C(=O)N=c1sc2cc(C(=O)OC)ccc2n1CCOC. The lowest BCUT2D eigenvalue weighted by atomic mass is 10.2. The fourth-order valence-corrected chi connectivity index (χ4v) is 3.97. The van der Waals surface area contributed by atoms with E-state index in [0.29, 0.717) is 41.4 Å². The van der Waals surface area contributed by atoms with Crippen molar-refractivity contribution in [3.05, 3.63) is 58.4 Å². The van der Waals surface area contributed by atoms with Crippen LogP contribution in [0.25, 0.3) is 10.2 Å². The summed E-state index contributed by atoms with van der Waals surface area (Å²) in [5.74, 6) is -0.301. The highest BCUT2D eigenvalue weighted by atomic mass is 32.1. The maximum absolute atomic E-state index is 12.9. The fourth-order valence-electron chi connectivity index (χ4n) is 2.87. The van der Waals surface area contributed by atoms with Crippen molar-refractivity contribution < 1.29 is 23.8 Å². The molecular weight excluding hydrogens is 392 g/mol. The molecule has 0 spiro atoms. The molecule has 3 rings (SSSR count). The predicted octanol–water partition coefficient (Wildman–Crippen LogP) is 3.28. The van der Waals surface area contributed by atoms with Crippen molar-refractivity contribution in [2.45, 2.75) is 13.5 Å². The number of hydrogen-bond donors (Lipinski definition) is 0. The van der Waals surface area contributed by atoms with E-state index in [2.05, 4.69) is 4.99 Å². The topological polar surface area (TPSA) is 79.1 Å². The van der Waals surface area contributed by atoms with Crippen LogP contribution >= 0.6 is 11.3 Å². The van der Waals surface area contributed by atoms with Gasteiger partial charge in [-0.3, -0.25) is 4.79 Å². The number of esters is 1. The first-order valence-corrected chi connectivity index (χ1v) is 9.92. The Morgan fingerprint density at radius 1 is 1.14 bits per heavy atom. The van der Waals surface area contributed by atoms with E-state index < -0.39 is 5.97 Å². The molecule has 2 aromatic carbocycles. The average molecular weight is 414 g/mol. The van der Waals surface area contributed by atoms with Crippen LogP contribution in [0.2, 0.25) is 0 Å². The zero-order valence-electron chi connectivity index (χ0n) is 16.5. The maximum atomic E-state index is 12.9. The molecule has 0 atom stereocenters. The van der Waals surface area contributed by atoms with E-state index in [4.69, 9.17) is 14.2 Å². The number of fused-ring (bicyclic) bond motifs is 1. The van der Waals surface area contributed by atoms with Gasteiger partial charge in [-0.15, -0.1) is 0 Å². The molecule has 0 N–H and O–H groups in total. The van der Waals surface area contributed by atoms with Crippen molar-refractivity contribution in [3.8, 4) is 5.75 Å². The summed E-state index contributed by atoms with van der Waals surface area (Å²) in [6.07, 6.45) is 0. The summed E-state index contributed by atoms with van der Waals surface area (Å²) in [7, 11) is 2.96. The van der Waals surface area contributed by atoms with Crippen LogP contribution in [0.1, 0.15) is 27.6 Å². The van der Waals surface area contributed by atoms with Gasteiger partial charge in [0.25, 0.3) is 5.91 Å². The first kappa shape index (κ1) is 20.8. The molecule has 0 unspecified atom stereocenters. The van der Waals surface area contributed by atoms with E-state index in [1.807, 2.05) is 23.6 Å². The lowest BCUT2D eigenvalue weighted by molar-refractivity contribution is 0.0600. The van der Waals surface area contributed by atoms with Gasteiger partial charge in [-0.2, -0.15) is 4.99 Å². The summed E-state index contributed by atoms with van der Waals surface area (Å²) >= 11 is 1.33. The highest BCUT2D eigenvalue weighted by molar-refractivity contribution is 7.16. The van der Waals surface area contributed by atoms with Gasteiger partial charge < -0.3 is 18.8 Å². The number of aromatic nitrogens is 1. The molecule has 1 aromatic heterocycles. The third-order valence-electron chi connectivity index (χ3n) is 4.24. The third kappa shape index (κ3) is 4.55. The lowest BCUT2D eigenvalue weighted by Crippen LogP contribution is -2.19. The van der Waals surface area contributed by atoms with E-state index in [1.165, 1.54) is 18.4 Å². The van der Waals surface area contributed by atoms with Gasteiger partial charge in [-0.05, 0) is 37.3 Å². The Kier molecular flexibility index (Phi) is 6.79. The van der Waals surface area contributed by atoms with Crippen molar-refractivity contribution in [1.29, 1.82) is 0 Å². The minimum absolute atomic E-state index is 0.389.